The van der Waals surface area contributed by atoms with E-state index in [1.807, 2.05) is 18.2 Å². The van der Waals surface area contributed by atoms with Gasteiger partial charge in [0.15, 0.2) is 11.5 Å². The van der Waals surface area contributed by atoms with Gasteiger partial charge in [0.25, 0.3) is 0 Å². The first-order valence-corrected chi connectivity index (χ1v) is 8.41. The minimum absolute atomic E-state index is 0.198. The smallest absolute Gasteiger partial charge is 0.244 e. The van der Waals surface area contributed by atoms with Crippen LogP contribution in [0.4, 0.5) is 0 Å². The maximum Gasteiger partial charge on any atom is 0.244 e. The molecule has 132 valence electrons. The normalized spacial score (nSPS) is 10.7. The Morgan fingerprint density at radius 1 is 1.12 bits per heavy atom. The Kier molecular flexibility index (Phi) is 7.16. The highest BCUT2D eigenvalue weighted by atomic mass is 35.5. The van der Waals surface area contributed by atoms with Gasteiger partial charge in [0, 0.05) is 12.6 Å². The Bertz CT molecular complexity index is 775. The number of benzene rings is 2. The maximum absolute atomic E-state index is 11.9. The summed E-state index contributed by atoms with van der Waals surface area (Å²) in [5.74, 6) is 1.15. The molecule has 1 N–H and O–H groups in total. The van der Waals surface area contributed by atoms with E-state index >= 15 is 0 Å². The molecule has 6 heteroatoms. The van der Waals surface area contributed by atoms with Crippen molar-refractivity contribution in [1.82, 2.24) is 5.32 Å². The molecule has 0 aromatic heterocycles. The van der Waals surface area contributed by atoms with Crippen LogP contribution in [0.2, 0.25) is 10.0 Å². The number of nitrogens with one attached hydrogen (secondary N) is 1. The fourth-order valence-corrected chi connectivity index (χ4v) is 2.61. The molecule has 0 fully saturated rings. The van der Waals surface area contributed by atoms with Crippen molar-refractivity contribution < 1.29 is 14.3 Å². The van der Waals surface area contributed by atoms with E-state index in [0.29, 0.717) is 40.1 Å². The second-order valence-corrected chi connectivity index (χ2v) is 5.99. The number of amides is 1. The molecule has 4 nitrogen and oxygen atoms in total. The molecule has 2 aromatic rings. The summed E-state index contributed by atoms with van der Waals surface area (Å²) in [6.07, 6.45) is 3.75. The van der Waals surface area contributed by atoms with E-state index in [4.69, 9.17) is 32.7 Å². The molecule has 0 aliphatic carbocycles. The summed E-state index contributed by atoms with van der Waals surface area (Å²) >= 11 is 12.0. The summed E-state index contributed by atoms with van der Waals surface area (Å²) < 4.78 is 10.5. The molecule has 0 saturated carbocycles. The standard InChI is InChI=1S/C19H19Cl2NO3/c1-24-16-8-6-13(12-17(16)25-2)10-11-22-18(23)9-7-14-4-3-5-15(20)19(14)21/h3-9,12H,10-11H2,1-2H3,(H,22,23)/b9-7+. The molecule has 0 heterocycles. The zero-order chi connectivity index (χ0) is 18.2. The van der Waals surface area contributed by atoms with Gasteiger partial charge in [0.05, 0.1) is 24.3 Å². The van der Waals surface area contributed by atoms with Crippen molar-refractivity contribution in [1.29, 1.82) is 0 Å². The number of hydrogen-bond acceptors (Lipinski definition) is 3. The lowest BCUT2D eigenvalue weighted by molar-refractivity contribution is -0.116. The average Bonchev–Trinajstić information content (AvgIpc) is 2.62. The van der Waals surface area contributed by atoms with Crippen molar-refractivity contribution in [3.05, 3.63) is 63.6 Å². The predicted octanol–water partition coefficient (Wildman–Crippen LogP) is 4.38. The van der Waals surface area contributed by atoms with Crippen LogP contribution >= 0.6 is 23.2 Å². The van der Waals surface area contributed by atoms with Crippen LogP contribution in [0, 0.1) is 0 Å². The molecule has 1 amide bonds. The Hall–Kier alpha value is -2.17. The van der Waals surface area contributed by atoms with E-state index in [1.165, 1.54) is 6.08 Å². The highest BCUT2D eigenvalue weighted by Gasteiger charge is 2.05. The highest BCUT2D eigenvalue weighted by molar-refractivity contribution is 6.42. The van der Waals surface area contributed by atoms with Crippen LogP contribution in [0.1, 0.15) is 11.1 Å². The van der Waals surface area contributed by atoms with Gasteiger partial charge >= 0.3 is 0 Å². The van der Waals surface area contributed by atoms with E-state index in [0.717, 1.165) is 5.56 Å². The number of methoxy groups -OCH3 is 2. The SMILES string of the molecule is COc1ccc(CCNC(=O)/C=C/c2cccc(Cl)c2Cl)cc1OC. The minimum Gasteiger partial charge on any atom is -0.493 e. The van der Waals surface area contributed by atoms with Crippen LogP contribution < -0.4 is 14.8 Å². The molecule has 2 aromatic carbocycles. The topological polar surface area (TPSA) is 47.6 Å². The molecule has 0 spiro atoms. The summed E-state index contributed by atoms with van der Waals surface area (Å²) in [4.78, 5) is 11.9. The van der Waals surface area contributed by atoms with Gasteiger partial charge in [0.2, 0.25) is 5.91 Å². The predicted molar refractivity (Wildman–Crippen MR) is 102 cm³/mol. The third-order valence-electron chi connectivity index (χ3n) is 3.56. The quantitative estimate of drug-likeness (QED) is 0.725. The molecule has 0 aliphatic heterocycles. The van der Waals surface area contributed by atoms with Gasteiger partial charge in [-0.1, -0.05) is 41.4 Å². The van der Waals surface area contributed by atoms with Crippen molar-refractivity contribution >= 4 is 35.2 Å². The first-order valence-electron chi connectivity index (χ1n) is 7.66. The Morgan fingerprint density at radius 3 is 2.60 bits per heavy atom. The van der Waals surface area contributed by atoms with Gasteiger partial charge in [0.1, 0.15) is 0 Å². The van der Waals surface area contributed by atoms with Gasteiger partial charge in [-0.2, -0.15) is 0 Å². The summed E-state index contributed by atoms with van der Waals surface area (Å²) in [6, 6.07) is 11.0. The van der Waals surface area contributed by atoms with E-state index in [1.54, 1.807) is 38.5 Å². The summed E-state index contributed by atoms with van der Waals surface area (Å²) in [5, 5.41) is 3.71. The zero-order valence-electron chi connectivity index (χ0n) is 14.0. The average molecular weight is 380 g/mol. The first-order chi connectivity index (χ1) is 12.0. The second kappa shape index (κ2) is 9.35. The fourth-order valence-electron chi connectivity index (χ4n) is 2.24. The van der Waals surface area contributed by atoms with Gasteiger partial charge in [-0.3, -0.25) is 4.79 Å². The van der Waals surface area contributed by atoms with Crippen LogP contribution in [0.3, 0.4) is 0 Å². The third kappa shape index (κ3) is 5.41. The molecule has 0 bridgehead atoms. The maximum atomic E-state index is 11.9. The lowest BCUT2D eigenvalue weighted by atomic mass is 10.1. The van der Waals surface area contributed by atoms with Gasteiger partial charge in [-0.15, -0.1) is 0 Å². The molecule has 0 atom stereocenters. The number of carbonyl (C=O) groups excluding carboxylic acids is 1. The minimum atomic E-state index is -0.198. The van der Waals surface area contributed by atoms with E-state index in [9.17, 15) is 4.79 Å². The number of carbonyl (C=O) groups is 1. The van der Waals surface area contributed by atoms with Crippen molar-refractivity contribution in [2.75, 3.05) is 20.8 Å². The molecule has 25 heavy (non-hydrogen) atoms. The summed E-state index contributed by atoms with van der Waals surface area (Å²) in [6.45, 7) is 0.502. The van der Waals surface area contributed by atoms with Crippen LogP contribution in [0.5, 0.6) is 11.5 Å². The van der Waals surface area contributed by atoms with E-state index in [2.05, 4.69) is 5.32 Å². The molecular weight excluding hydrogens is 361 g/mol. The molecule has 0 radical (unpaired) electrons. The monoisotopic (exact) mass is 379 g/mol. The molecule has 0 unspecified atom stereocenters. The molecule has 0 aliphatic rings. The van der Waals surface area contributed by atoms with Crippen molar-refractivity contribution in [3.8, 4) is 11.5 Å². The Labute approximate surface area is 157 Å². The molecular formula is C19H19Cl2NO3. The van der Waals surface area contributed by atoms with Crippen LogP contribution in [-0.2, 0) is 11.2 Å². The summed E-state index contributed by atoms with van der Waals surface area (Å²) in [7, 11) is 3.19. The van der Waals surface area contributed by atoms with Gasteiger partial charge in [-0.25, -0.2) is 0 Å². The Balaban J connectivity index is 1.88. The van der Waals surface area contributed by atoms with Crippen molar-refractivity contribution in [2.24, 2.45) is 0 Å². The highest BCUT2D eigenvalue weighted by Crippen LogP contribution is 2.28. The lowest BCUT2D eigenvalue weighted by Gasteiger charge is -2.09. The van der Waals surface area contributed by atoms with E-state index in [-0.39, 0.29) is 5.91 Å². The number of ether oxygens (including phenoxy) is 2. The largest absolute Gasteiger partial charge is 0.493 e. The number of halogens is 2. The third-order valence-corrected chi connectivity index (χ3v) is 4.39. The molecule has 2 rings (SSSR count). The van der Waals surface area contributed by atoms with Crippen LogP contribution in [-0.4, -0.2) is 26.7 Å². The van der Waals surface area contributed by atoms with Crippen molar-refractivity contribution in [3.63, 3.8) is 0 Å². The second-order valence-electron chi connectivity index (χ2n) is 5.21. The first kappa shape index (κ1) is 19.2. The fraction of sp³-hybridized carbons (Fsp3) is 0.211. The number of rotatable bonds is 7. The Morgan fingerprint density at radius 2 is 1.88 bits per heavy atom. The lowest BCUT2D eigenvalue weighted by Crippen LogP contribution is -2.23. The zero-order valence-corrected chi connectivity index (χ0v) is 15.5. The van der Waals surface area contributed by atoms with Gasteiger partial charge < -0.3 is 14.8 Å². The van der Waals surface area contributed by atoms with Crippen molar-refractivity contribution in [2.45, 2.75) is 6.42 Å². The number of hydrogen-bond donors (Lipinski definition) is 1. The van der Waals surface area contributed by atoms with Gasteiger partial charge in [-0.05, 0) is 41.8 Å². The molecule has 0 saturated heterocycles. The van der Waals surface area contributed by atoms with Crippen LogP contribution in [0.25, 0.3) is 6.08 Å². The van der Waals surface area contributed by atoms with E-state index < -0.39 is 0 Å². The summed E-state index contributed by atoms with van der Waals surface area (Å²) in [5.41, 5.74) is 1.74. The van der Waals surface area contributed by atoms with Crippen LogP contribution in [0.15, 0.2) is 42.5 Å².